The van der Waals surface area contributed by atoms with Crippen molar-refractivity contribution in [2.24, 2.45) is 0 Å². The lowest BCUT2D eigenvalue weighted by molar-refractivity contribution is -0.115. The van der Waals surface area contributed by atoms with Crippen LogP contribution in [0.5, 0.6) is 0 Å². The number of hydrogen-bond acceptors (Lipinski definition) is 4. The average Bonchev–Trinajstić information content (AvgIpc) is 2.76. The van der Waals surface area contributed by atoms with E-state index in [2.05, 4.69) is 15.4 Å². The molecule has 0 saturated carbocycles. The van der Waals surface area contributed by atoms with Gasteiger partial charge in [0.2, 0.25) is 5.91 Å². The Hall–Kier alpha value is -3.20. The van der Waals surface area contributed by atoms with Gasteiger partial charge in [-0.1, -0.05) is 48.0 Å². The molecule has 3 rings (SSSR count). The molecule has 170 valence electrons. The Morgan fingerprint density at radius 2 is 1.58 bits per heavy atom. The summed E-state index contributed by atoms with van der Waals surface area (Å²) in [5.41, 5.74) is 3.47. The number of benzene rings is 3. The SMILES string of the molecule is Cc1cccc(C)c1NS(=O)(=O)c1ccc(NC(=S)NC(=O)/C=C/c2ccccc2Cl)cc1. The molecular formula is C24H22ClN3O3S2. The molecule has 3 aromatic rings. The third kappa shape index (κ3) is 6.64. The van der Waals surface area contributed by atoms with Gasteiger partial charge < -0.3 is 5.32 Å². The van der Waals surface area contributed by atoms with Crippen molar-refractivity contribution in [3.8, 4) is 0 Å². The second-order valence-corrected chi connectivity index (χ2v) is 9.69. The zero-order valence-corrected chi connectivity index (χ0v) is 20.3. The molecular weight excluding hydrogens is 478 g/mol. The highest BCUT2D eigenvalue weighted by atomic mass is 35.5. The summed E-state index contributed by atoms with van der Waals surface area (Å²) in [5.74, 6) is -0.426. The van der Waals surface area contributed by atoms with E-state index < -0.39 is 15.9 Å². The highest BCUT2D eigenvalue weighted by Gasteiger charge is 2.16. The molecule has 0 aliphatic carbocycles. The van der Waals surface area contributed by atoms with Gasteiger partial charge in [-0.15, -0.1) is 0 Å². The maximum atomic E-state index is 12.8. The summed E-state index contributed by atoms with van der Waals surface area (Å²) in [4.78, 5) is 12.2. The van der Waals surface area contributed by atoms with Crippen LogP contribution in [0, 0.1) is 13.8 Å². The fourth-order valence-corrected chi connectivity index (χ4v) is 4.60. The summed E-state index contributed by atoms with van der Waals surface area (Å²) >= 11 is 11.2. The van der Waals surface area contributed by atoms with Crippen LogP contribution in [-0.2, 0) is 14.8 Å². The Morgan fingerprint density at radius 1 is 0.939 bits per heavy atom. The lowest BCUT2D eigenvalue weighted by atomic mass is 10.1. The van der Waals surface area contributed by atoms with Crippen LogP contribution in [0.2, 0.25) is 5.02 Å². The lowest BCUT2D eigenvalue weighted by Crippen LogP contribution is -2.32. The number of carbonyl (C=O) groups is 1. The van der Waals surface area contributed by atoms with Crippen LogP contribution < -0.4 is 15.4 Å². The first-order valence-electron chi connectivity index (χ1n) is 9.89. The van der Waals surface area contributed by atoms with E-state index in [0.717, 1.165) is 11.1 Å². The van der Waals surface area contributed by atoms with Gasteiger partial charge in [0.1, 0.15) is 0 Å². The number of hydrogen-bond donors (Lipinski definition) is 3. The van der Waals surface area contributed by atoms with Crippen molar-refractivity contribution >= 4 is 62.3 Å². The van der Waals surface area contributed by atoms with Crippen LogP contribution in [-0.4, -0.2) is 19.4 Å². The van der Waals surface area contributed by atoms with Crippen molar-refractivity contribution in [2.45, 2.75) is 18.7 Å². The molecule has 6 nitrogen and oxygen atoms in total. The number of anilines is 2. The van der Waals surface area contributed by atoms with E-state index >= 15 is 0 Å². The van der Waals surface area contributed by atoms with Gasteiger partial charge >= 0.3 is 0 Å². The van der Waals surface area contributed by atoms with E-state index in [9.17, 15) is 13.2 Å². The second-order valence-electron chi connectivity index (χ2n) is 7.19. The van der Waals surface area contributed by atoms with E-state index in [-0.39, 0.29) is 10.0 Å². The first-order valence-corrected chi connectivity index (χ1v) is 12.2. The van der Waals surface area contributed by atoms with Crippen molar-refractivity contribution in [1.29, 1.82) is 0 Å². The zero-order valence-electron chi connectivity index (χ0n) is 17.9. The smallest absolute Gasteiger partial charge is 0.261 e. The highest BCUT2D eigenvalue weighted by molar-refractivity contribution is 7.92. The van der Waals surface area contributed by atoms with Crippen LogP contribution in [0.25, 0.3) is 6.08 Å². The number of amides is 1. The Bertz CT molecular complexity index is 1300. The van der Waals surface area contributed by atoms with Crippen molar-refractivity contribution in [2.75, 3.05) is 10.0 Å². The number of thiocarbonyl (C=S) groups is 1. The van der Waals surface area contributed by atoms with Gasteiger partial charge in [0.25, 0.3) is 10.0 Å². The predicted molar refractivity (Wildman–Crippen MR) is 138 cm³/mol. The molecule has 0 heterocycles. The topological polar surface area (TPSA) is 87.3 Å². The van der Waals surface area contributed by atoms with Crippen molar-refractivity contribution in [1.82, 2.24) is 5.32 Å². The molecule has 9 heteroatoms. The summed E-state index contributed by atoms with van der Waals surface area (Å²) < 4.78 is 28.2. The molecule has 0 aromatic heterocycles. The largest absolute Gasteiger partial charge is 0.332 e. The molecule has 0 radical (unpaired) electrons. The molecule has 33 heavy (non-hydrogen) atoms. The number of carbonyl (C=O) groups excluding carboxylic acids is 1. The van der Waals surface area contributed by atoms with Crippen molar-refractivity contribution in [3.63, 3.8) is 0 Å². The van der Waals surface area contributed by atoms with E-state index in [4.69, 9.17) is 23.8 Å². The zero-order chi connectivity index (χ0) is 24.0. The quantitative estimate of drug-likeness (QED) is 0.317. The monoisotopic (exact) mass is 499 g/mol. The number of halogens is 1. The first kappa shape index (κ1) is 24.4. The standard InChI is InChI=1S/C24H22ClN3O3S2/c1-16-6-5-7-17(2)23(16)28-33(30,31)20-13-11-19(12-14-20)26-24(32)27-22(29)15-10-18-8-3-4-9-21(18)25/h3-15,28H,1-2H3,(H2,26,27,29,32)/b15-10+. The molecule has 0 unspecified atom stereocenters. The number of sulfonamides is 1. The molecule has 3 aromatic carbocycles. The van der Waals surface area contributed by atoms with Crippen LogP contribution in [0.15, 0.2) is 77.7 Å². The third-order valence-corrected chi connectivity index (χ3v) is 6.61. The van der Waals surface area contributed by atoms with Gasteiger partial charge in [-0.3, -0.25) is 14.8 Å². The minimum Gasteiger partial charge on any atom is -0.332 e. The van der Waals surface area contributed by atoms with Gasteiger partial charge in [0.15, 0.2) is 5.11 Å². The highest BCUT2D eigenvalue weighted by Crippen LogP contribution is 2.24. The first-order chi connectivity index (χ1) is 15.7. The predicted octanol–water partition coefficient (Wildman–Crippen LogP) is 5.28. The van der Waals surface area contributed by atoms with E-state index in [1.165, 1.54) is 18.2 Å². The van der Waals surface area contributed by atoms with Gasteiger partial charge in [0.05, 0.1) is 10.6 Å². The molecule has 0 aliphatic rings. The van der Waals surface area contributed by atoms with Crippen LogP contribution in [0.1, 0.15) is 16.7 Å². The number of para-hydroxylation sites is 1. The second kappa shape index (κ2) is 10.6. The Kier molecular flexibility index (Phi) is 7.86. The average molecular weight is 500 g/mol. The fraction of sp³-hybridized carbons (Fsp3) is 0.0833. The van der Waals surface area contributed by atoms with Gasteiger partial charge in [-0.05, 0) is 79.2 Å². The number of nitrogens with one attached hydrogen (secondary N) is 3. The maximum absolute atomic E-state index is 12.8. The fourth-order valence-electron chi connectivity index (χ4n) is 2.98. The minimum absolute atomic E-state index is 0.0769. The Morgan fingerprint density at radius 3 is 2.21 bits per heavy atom. The van der Waals surface area contributed by atoms with Crippen LogP contribution in [0.3, 0.4) is 0 Å². The van der Waals surface area contributed by atoms with Gasteiger partial charge in [-0.25, -0.2) is 8.42 Å². The lowest BCUT2D eigenvalue weighted by Gasteiger charge is -2.14. The normalized spacial score (nSPS) is 11.2. The molecule has 0 saturated heterocycles. The summed E-state index contributed by atoms with van der Waals surface area (Å²) in [6.07, 6.45) is 2.91. The van der Waals surface area contributed by atoms with E-state index in [1.807, 2.05) is 38.1 Å². The van der Waals surface area contributed by atoms with Crippen LogP contribution >= 0.6 is 23.8 Å². The molecule has 3 N–H and O–H groups in total. The molecule has 0 atom stereocenters. The van der Waals surface area contributed by atoms with Gasteiger partial charge in [-0.2, -0.15) is 0 Å². The number of aryl methyl sites for hydroxylation is 2. The summed E-state index contributed by atoms with van der Waals surface area (Å²) in [6.45, 7) is 3.69. The van der Waals surface area contributed by atoms with Crippen molar-refractivity contribution < 1.29 is 13.2 Å². The van der Waals surface area contributed by atoms with Crippen molar-refractivity contribution in [3.05, 3.63) is 94.5 Å². The molecule has 0 bridgehead atoms. The Balaban J connectivity index is 1.61. The molecule has 0 spiro atoms. The van der Waals surface area contributed by atoms with Crippen LogP contribution in [0.4, 0.5) is 11.4 Å². The Labute approximate surface area is 203 Å². The molecule has 0 aliphatic heterocycles. The summed E-state index contributed by atoms with van der Waals surface area (Å²) in [7, 11) is -3.76. The van der Waals surface area contributed by atoms with E-state index in [0.29, 0.717) is 22.0 Å². The summed E-state index contributed by atoms with van der Waals surface area (Å²) in [6, 6.07) is 18.7. The number of rotatable bonds is 6. The van der Waals surface area contributed by atoms with E-state index in [1.54, 1.807) is 36.4 Å². The molecule has 1 amide bonds. The maximum Gasteiger partial charge on any atom is 0.261 e. The summed E-state index contributed by atoms with van der Waals surface area (Å²) in [5, 5.41) is 5.99. The minimum atomic E-state index is -3.76. The molecule has 0 fully saturated rings. The third-order valence-electron chi connectivity index (χ3n) is 4.70. The van der Waals surface area contributed by atoms with Gasteiger partial charge in [0, 0.05) is 16.8 Å².